The van der Waals surface area contributed by atoms with Crippen LogP contribution in [0.4, 0.5) is 0 Å². The van der Waals surface area contributed by atoms with Gasteiger partial charge in [-0.05, 0) is 24.1 Å². The van der Waals surface area contributed by atoms with Gasteiger partial charge in [0.2, 0.25) is 0 Å². The van der Waals surface area contributed by atoms with Crippen LogP contribution in [0.3, 0.4) is 0 Å². The highest BCUT2D eigenvalue weighted by molar-refractivity contribution is 6.00. The summed E-state index contributed by atoms with van der Waals surface area (Å²) >= 11 is 0. The Balaban J connectivity index is 1.71. The quantitative estimate of drug-likeness (QED) is 0.743. The molecule has 1 amide bonds. The summed E-state index contributed by atoms with van der Waals surface area (Å²) in [5.74, 6) is 0.0550. The van der Waals surface area contributed by atoms with Crippen molar-refractivity contribution in [3.8, 4) is 11.3 Å². The molecule has 1 saturated heterocycles. The van der Waals surface area contributed by atoms with Gasteiger partial charge in [-0.1, -0.05) is 30.3 Å². The van der Waals surface area contributed by atoms with Crippen LogP contribution in [0.2, 0.25) is 0 Å². The number of likely N-dealkylation sites (tertiary alicyclic amines) is 1. The van der Waals surface area contributed by atoms with Crippen LogP contribution in [-0.2, 0) is 6.54 Å². The Morgan fingerprint density at radius 2 is 1.92 bits per heavy atom. The predicted molar refractivity (Wildman–Crippen MR) is 91.5 cm³/mol. The number of benzene rings is 1. The molecule has 3 heterocycles. The molecule has 24 heavy (non-hydrogen) atoms. The lowest BCUT2D eigenvalue weighted by atomic mass is 10.1. The lowest BCUT2D eigenvalue weighted by Gasteiger charge is -2.30. The summed E-state index contributed by atoms with van der Waals surface area (Å²) in [5.41, 5.74) is 3.38. The van der Waals surface area contributed by atoms with E-state index in [0.29, 0.717) is 17.8 Å². The molecule has 0 aliphatic carbocycles. The van der Waals surface area contributed by atoms with E-state index in [2.05, 4.69) is 22.2 Å². The average molecular weight is 318 g/mol. The van der Waals surface area contributed by atoms with Gasteiger partial charge < -0.3 is 4.90 Å². The molecule has 0 N–H and O–H groups in total. The van der Waals surface area contributed by atoms with E-state index >= 15 is 0 Å². The second-order valence-corrected chi connectivity index (χ2v) is 5.96. The fourth-order valence-corrected chi connectivity index (χ4v) is 2.84. The van der Waals surface area contributed by atoms with E-state index in [-0.39, 0.29) is 5.91 Å². The minimum absolute atomic E-state index is 0.0550. The van der Waals surface area contributed by atoms with Crippen LogP contribution in [0, 0.1) is 0 Å². The van der Waals surface area contributed by atoms with Crippen LogP contribution in [0.25, 0.3) is 11.3 Å². The van der Waals surface area contributed by atoms with Crippen molar-refractivity contribution in [2.75, 3.05) is 13.1 Å². The number of hydrogen-bond acceptors (Lipinski definition) is 3. The van der Waals surface area contributed by atoms with Crippen molar-refractivity contribution in [3.63, 3.8) is 0 Å². The molecule has 1 aromatic carbocycles. The molecule has 5 heteroatoms. The maximum Gasteiger partial charge on any atom is 0.257 e. The van der Waals surface area contributed by atoms with Crippen molar-refractivity contribution in [2.45, 2.75) is 13.0 Å². The lowest BCUT2D eigenvalue weighted by molar-refractivity contribution is 0.0652. The first-order chi connectivity index (χ1) is 11.8. The third kappa shape index (κ3) is 2.80. The number of carbonyl (C=O) groups excluding carboxylic acids is 1. The summed E-state index contributed by atoms with van der Waals surface area (Å²) in [6, 6.07) is 13.9. The van der Waals surface area contributed by atoms with E-state index in [0.717, 1.165) is 30.6 Å². The van der Waals surface area contributed by atoms with E-state index in [4.69, 9.17) is 0 Å². The van der Waals surface area contributed by atoms with Gasteiger partial charge in [0, 0.05) is 37.2 Å². The summed E-state index contributed by atoms with van der Waals surface area (Å²) in [6.07, 6.45) is 6.41. The summed E-state index contributed by atoms with van der Waals surface area (Å²) in [4.78, 5) is 18.8. The Bertz CT molecular complexity index is 838. The number of aromatic nitrogens is 3. The first kappa shape index (κ1) is 14.6. The van der Waals surface area contributed by atoms with E-state index in [1.807, 2.05) is 46.1 Å². The van der Waals surface area contributed by atoms with Crippen molar-refractivity contribution in [3.05, 3.63) is 72.2 Å². The minimum atomic E-state index is 0.0550. The molecule has 1 aliphatic rings. The second-order valence-electron chi connectivity index (χ2n) is 5.96. The van der Waals surface area contributed by atoms with Crippen LogP contribution in [0.15, 0.2) is 61.1 Å². The minimum Gasteiger partial charge on any atom is -0.338 e. The first-order valence-electron chi connectivity index (χ1n) is 8.12. The molecule has 4 rings (SSSR count). The fraction of sp³-hybridized carbons (Fsp3) is 0.211. The lowest BCUT2D eigenvalue weighted by Crippen LogP contribution is -2.42. The van der Waals surface area contributed by atoms with Crippen molar-refractivity contribution in [1.29, 1.82) is 0 Å². The maximum atomic E-state index is 12.7. The number of pyridine rings is 1. The van der Waals surface area contributed by atoms with Gasteiger partial charge >= 0.3 is 0 Å². The van der Waals surface area contributed by atoms with Crippen LogP contribution in [0.5, 0.6) is 0 Å². The number of rotatable bonds is 4. The second kappa shape index (κ2) is 6.28. The number of nitrogens with zero attached hydrogens (tertiary/aromatic N) is 4. The van der Waals surface area contributed by atoms with Gasteiger partial charge in [-0.2, -0.15) is 5.10 Å². The number of amides is 1. The van der Waals surface area contributed by atoms with E-state index in [9.17, 15) is 4.79 Å². The summed E-state index contributed by atoms with van der Waals surface area (Å²) in [6.45, 7) is 2.30. The molecule has 0 bridgehead atoms. The molecule has 1 fully saturated rings. The fourth-order valence-electron chi connectivity index (χ4n) is 2.84. The normalized spacial score (nSPS) is 13.6. The van der Waals surface area contributed by atoms with Crippen molar-refractivity contribution in [1.82, 2.24) is 19.7 Å². The molecule has 0 spiro atoms. The molecular weight excluding hydrogens is 300 g/mol. The molecule has 3 aromatic rings. The molecule has 0 saturated carbocycles. The topological polar surface area (TPSA) is 51.0 Å². The molecule has 0 radical (unpaired) electrons. The third-order valence-corrected chi connectivity index (χ3v) is 4.26. The Kier molecular flexibility index (Phi) is 3.83. The van der Waals surface area contributed by atoms with Crippen molar-refractivity contribution in [2.24, 2.45) is 0 Å². The number of carbonyl (C=O) groups is 1. The highest BCUT2D eigenvalue weighted by Crippen LogP contribution is 2.24. The van der Waals surface area contributed by atoms with E-state index < -0.39 is 0 Å². The van der Waals surface area contributed by atoms with Crippen LogP contribution < -0.4 is 0 Å². The Hall–Kier alpha value is -2.95. The Morgan fingerprint density at radius 3 is 2.58 bits per heavy atom. The summed E-state index contributed by atoms with van der Waals surface area (Å²) in [5, 5.41) is 4.67. The molecular formula is C19H18N4O. The Morgan fingerprint density at radius 1 is 1.08 bits per heavy atom. The van der Waals surface area contributed by atoms with E-state index in [1.54, 1.807) is 12.4 Å². The van der Waals surface area contributed by atoms with Crippen molar-refractivity contribution < 1.29 is 4.79 Å². The van der Waals surface area contributed by atoms with Crippen LogP contribution in [-0.4, -0.2) is 38.7 Å². The molecule has 5 nitrogen and oxygen atoms in total. The van der Waals surface area contributed by atoms with Crippen molar-refractivity contribution >= 4 is 5.91 Å². The van der Waals surface area contributed by atoms with Crippen LogP contribution in [0.1, 0.15) is 22.3 Å². The van der Waals surface area contributed by atoms with Crippen LogP contribution >= 0.6 is 0 Å². The highest BCUT2D eigenvalue weighted by atomic mass is 16.2. The highest BCUT2D eigenvalue weighted by Gasteiger charge is 2.26. The van der Waals surface area contributed by atoms with Gasteiger partial charge in [0.1, 0.15) is 5.69 Å². The molecule has 2 aromatic heterocycles. The van der Waals surface area contributed by atoms with E-state index in [1.165, 1.54) is 0 Å². The van der Waals surface area contributed by atoms with Gasteiger partial charge in [0.25, 0.3) is 5.91 Å². The Labute approximate surface area is 140 Å². The SMILES string of the molecule is O=C(c1cn(Cc2ccccc2)nc1-c1cccnc1)N1CCC1. The molecule has 1 aliphatic heterocycles. The summed E-state index contributed by atoms with van der Waals surface area (Å²) in [7, 11) is 0. The predicted octanol–water partition coefficient (Wildman–Crippen LogP) is 2.84. The third-order valence-electron chi connectivity index (χ3n) is 4.26. The monoisotopic (exact) mass is 318 g/mol. The molecule has 0 unspecified atom stereocenters. The maximum absolute atomic E-state index is 12.7. The molecule has 120 valence electrons. The molecule has 0 atom stereocenters. The largest absolute Gasteiger partial charge is 0.338 e. The average Bonchev–Trinajstić information content (AvgIpc) is 2.99. The van der Waals surface area contributed by atoms with Gasteiger partial charge in [0.15, 0.2) is 0 Å². The van der Waals surface area contributed by atoms with Gasteiger partial charge in [-0.25, -0.2) is 0 Å². The smallest absolute Gasteiger partial charge is 0.257 e. The first-order valence-corrected chi connectivity index (χ1v) is 8.12. The summed E-state index contributed by atoms with van der Waals surface area (Å²) < 4.78 is 1.84. The van der Waals surface area contributed by atoms with Gasteiger partial charge in [0.05, 0.1) is 12.1 Å². The standard InChI is InChI=1S/C19H18N4O/c24-19(22-10-5-11-22)17-14-23(13-15-6-2-1-3-7-15)21-18(17)16-8-4-9-20-12-16/h1-4,6-9,12,14H,5,10-11,13H2. The zero-order valence-electron chi connectivity index (χ0n) is 13.3. The number of hydrogen-bond donors (Lipinski definition) is 0. The zero-order chi connectivity index (χ0) is 16.4. The van der Waals surface area contributed by atoms with Gasteiger partial charge in [-0.3, -0.25) is 14.5 Å². The van der Waals surface area contributed by atoms with Gasteiger partial charge in [-0.15, -0.1) is 0 Å². The zero-order valence-corrected chi connectivity index (χ0v) is 13.3.